The van der Waals surface area contributed by atoms with Crippen LogP contribution in [-0.2, 0) is 4.79 Å². The van der Waals surface area contributed by atoms with Crippen LogP contribution in [-0.4, -0.2) is 27.6 Å². The van der Waals surface area contributed by atoms with Gasteiger partial charge < -0.3 is 5.73 Å². The van der Waals surface area contributed by atoms with Crippen LogP contribution in [0, 0.1) is 19.3 Å². The van der Waals surface area contributed by atoms with Gasteiger partial charge in [-0.15, -0.1) is 5.10 Å². The third kappa shape index (κ3) is 3.12. The number of nitrogens with zero attached hydrogens (tertiary/aromatic N) is 3. The highest BCUT2D eigenvalue weighted by Gasteiger charge is 2.37. The Hall–Kier alpha value is -1.56. The lowest BCUT2D eigenvalue weighted by molar-refractivity contribution is -0.125. The monoisotopic (exact) mass is 277 g/mol. The van der Waals surface area contributed by atoms with Crippen LogP contribution in [0.1, 0.15) is 49.9 Å². The molecule has 2 rings (SSSR count). The lowest BCUT2D eigenvalue weighted by atomic mass is 9.79. The van der Waals surface area contributed by atoms with E-state index in [0.717, 1.165) is 37.1 Å². The van der Waals surface area contributed by atoms with Gasteiger partial charge in [0.25, 0.3) is 0 Å². The summed E-state index contributed by atoms with van der Waals surface area (Å²) in [6.07, 6.45) is 6.14. The normalized spacial score (nSPS) is 18.4. The number of nitrogens with two attached hydrogens (primary N) is 1. The predicted octanol–water partition coefficient (Wildman–Crippen LogP) is 1.73. The Morgan fingerprint density at radius 3 is 2.35 bits per heavy atom. The van der Waals surface area contributed by atoms with Crippen molar-refractivity contribution in [2.24, 2.45) is 11.1 Å². The van der Waals surface area contributed by atoms with Crippen LogP contribution in [0.25, 0.3) is 0 Å². The molecule has 1 aromatic rings. The van der Waals surface area contributed by atoms with Gasteiger partial charge in [-0.3, -0.25) is 10.1 Å². The van der Waals surface area contributed by atoms with Gasteiger partial charge in [-0.05, 0) is 26.7 Å². The van der Waals surface area contributed by atoms with E-state index in [1.54, 1.807) is 0 Å². The maximum absolute atomic E-state index is 12.6. The second-order valence-electron chi connectivity index (χ2n) is 5.66. The summed E-state index contributed by atoms with van der Waals surface area (Å²) in [5.41, 5.74) is 6.97. The number of rotatable bonds is 3. The second kappa shape index (κ2) is 6.26. The van der Waals surface area contributed by atoms with Crippen molar-refractivity contribution in [3.63, 3.8) is 0 Å². The average Bonchev–Trinajstić information content (AvgIpc) is 2.69. The molecule has 0 atom stereocenters. The topological polar surface area (TPSA) is 93.8 Å². The van der Waals surface area contributed by atoms with Crippen LogP contribution < -0.4 is 11.1 Å². The summed E-state index contributed by atoms with van der Waals surface area (Å²) in [6, 6.07) is 0. The minimum Gasteiger partial charge on any atom is -0.329 e. The Labute approximate surface area is 119 Å². The van der Waals surface area contributed by atoms with E-state index in [-0.39, 0.29) is 11.9 Å². The van der Waals surface area contributed by atoms with Gasteiger partial charge >= 0.3 is 0 Å². The fourth-order valence-electron chi connectivity index (χ4n) is 2.67. The number of hydrogen-bond donors (Lipinski definition) is 2. The Kier molecular flexibility index (Phi) is 4.65. The van der Waals surface area contributed by atoms with E-state index in [2.05, 4.69) is 20.5 Å². The molecule has 0 unspecified atom stereocenters. The molecule has 6 nitrogen and oxygen atoms in total. The van der Waals surface area contributed by atoms with E-state index in [1.165, 1.54) is 12.8 Å². The Balaban J connectivity index is 2.14. The van der Waals surface area contributed by atoms with Crippen molar-refractivity contribution >= 4 is 11.9 Å². The number of aryl methyl sites for hydroxylation is 2. The highest BCUT2D eigenvalue weighted by atomic mass is 16.2. The number of amides is 1. The van der Waals surface area contributed by atoms with E-state index >= 15 is 0 Å². The zero-order valence-electron chi connectivity index (χ0n) is 12.3. The second-order valence-corrected chi connectivity index (χ2v) is 5.66. The van der Waals surface area contributed by atoms with Crippen molar-refractivity contribution in [1.29, 1.82) is 0 Å². The third-order valence-corrected chi connectivity index (χ3v) is 4.25. The molecule has 1 aliphatic rings. The van der Waals surface area contributed by atoms with Crippen molar-refractivity contribution in [1.82, 2.24) is 15.2 Å². The van der Waals surface area contributed by atoms with E-state index in [0.29, 0.717) is 6.54 Å². The number of carbonyl (C=O) groups excluding carboxylic acids is 1. The number of aromatic nitrogens is 3. The van der Waals surface area contributed by atoms with Crippen LogP contribution >= 0.6 is 0 Å². The average molecular weight is 277 g/mol. The zero-order valence-corrected chi connectivity index (χ0v) is 12.3. The molecule has 0 spiro atoms. The number of anilines is 1. The molecular weight excluding hydrogens is 254 g/mol. The first-order chi connectivity index (χ1) is 9.57. The number of nitrogens with one attached hydrogen (secondary N) is 1. The number of carbonyl (C=O) groups is 1. The van der Waals surface area contributed by atoms with Crippen LogP contribution in [0.2, 0.25) is 0 Å². The van der Waals surface area contributed by atoms with Crippen molar-refractivity contribution in [3.05, 3.63) is 11.4 Å². The molecule has 6 heteroatoms. The highest BCUT2D eigenvalue weighted by Crippen LogP contribution is 2.35. The quantitative estimate of drug-likeness (QED) is 0.820. The fraction of sp³-hybridized carbons (Fsp3) is 0.714. The molecule has 1 aromatic heterocycles. The molecule has 1 saturated carbocycles. The molecule has 3 N–H and O–H groups in total. The molecule has 1 fully saturated rings. The molecule has 110 valence electrons. The van der Waals surface area contributed by atoms with Crippen LogP contribution in [0.3, 0.4) is 0 Å². The summed E-state index contributed by atoms with van der Waals surface area (Å²) in [7, 11) is 0. The molecular formula is C14H23N5O. The zero-order chi connectivity index (χ0) is 14.6. The minimum absolute atomic E-state index is 0.0630. The molecule has 20 heavy (non-hydrogen) atoms. The van der Waals surface area contributed by atoms with Crippen molar-refractivity contribution in [2.75, 3.05) is 11.9 Å². The van der Waals surface area contributed by atoms with Crippen molar-refractivity contribution < 1.29 is 4.79 Å². The maximum atomic E-state index is 12.6. The molecule has 1 heterocycles. The third-order valence-electron chi connectivity index (χ3n) is 4.25. The van der Waals surface area contributed by atoms with Crippen LogP contribution in [0.4, 0.5) is 5.95 Å². The standard InChI is InChI=1S/C14H23N5O/c1-10-11(2)18-19-13(16-10)17-12(20)14(9-15)7-5-3-4-6-8-14/h3-9,15H2,1-2H3,(H,16,17,19,20). The summed E-state index contributed by atoms with van der Waals surface area (Å²) in [5.74, 6) is 0.210. The first kappa shape index (κ1) is 14.8. The maximum Gasteiger partial charge on any atom is 0.249 e. The summed E-state index contributed by atoms with van der Waals surface area (Å²) in [4.78, 5) is 16.8. The van der Waals surface area contributed by atoms with Crippen molar-refractivity contribution in [2.45, 2.75) is 52.4 Å². The molecule has 0 bridgehead atoms. The van der Waals surface area contributed by atoms with E-state index in [4.69, 9.17) is 5.73 Å². The van der Waals surface area contributed by atoms with Gasteiger partial charge in [-0.2, -0.15) is 5.10 Å². The summed E-state index contributed by atoms with van der Waals surface area (Å²) >= 11 is 0. The first-order valence-electron chi connectivity index (χ1n) is 7.27. The smallest absolute Gasteiger partial charge is 0.249 e. The fourth-order valence-corrected chi connectivity index (χ4v) is 2.67. The lowest BCUT2D eigenvalue weighted by Gasteiger charge is -2.29. The van der Waals surface area contributed by atoms with E-state index < -0.39 is 5.41 Å². The van der Waals surface area contributed by atoms with Gasteiger partial charge in [-0.25, -0.2) is 4.98 Å². The molecule has 0 aliphatic heterocycles. The Morgan fingerprint density at radius 1 is 1.15 bits per heavy atom. The largest absolute Gasteiger partial charge is 0.329 e. The van der Waals surface area contributed by atoms with Crippen LogP contribution in [0.5, 0.6) is 0 Å². The highest BCUT2D eigenvalue weighted by molar-refractivity contribution is 5.94. The van der Waals surface area contributed by atoms with Crippen molar-refractivity contribution in [3.8, 4) is 0 Å². The summed E-state index contributed by atoms with van der Waals surface area (Å²) in [6.45, 7) is 4.06. The van der Waals surface area contributed by atoms with Crippen LogP contribution in [0.15, 0.2) is 0 Å². The summed E-state index contributed by atoms with van der Waals surface area (Å²) < 4.78 is 0. The predicted molar refractivity (Wildman–Crippen MR) is 77.1 cm³/mol. The van der Waals surface area contributed by atoms with Gasteiger partial charge in [0.1, 0.15) is 0 Å². The van der Waals surface area contributed by atoms with Gasteiger partial charge in [0.15, 0.2) is 0 Å². The first-order valence-corrected chi connectivity index (χ1v) is 7.27. The number of hydrogen-bond acceptors (Lipinski definition) is 5. The van der Waals surface area contributed by atoms with Gasteiger partial charge in [0.05, 0.1) is 16.8 Å². The molecule has 1 amide bonds. The molecule has 0 aromatic carbocycles. The molecule has 0 radical (unpaired) electrons. The Morgan fingerprint density at radius 2 is 1.80 bits per heavy atom. The van der Waals surface area contributed by atoms with Gasteiger partial charge in [0.2, 0.25) is 11.9 Å². The lowest BCUT2D eigenvalue weighted by Crippen LogP contribution is -2.42. The molecule has 1 aliphatic carbocycles. The molecule has 0 saturated heterocycles. The van der Waals surface area contributed by atoms with E-state index in [1.807, 2.05) is 13.8 Å². The summed E-state index contributed by atoms with van der Waals surface area (Å²) in [5, 5.41) is 10.7. The SMILES string of the molecule is Cc1nnc(NC(=O)C2(CN)CCCCCC2)nc1C. The van der Waals surface area contributed by atoms with E-state index in [9.17, 15) is 4.79 Å². The minimum atomic E-state index is -0.474. The van der Waals surface area contributed by atoms with Gasteiger partial charge in [0, 0.05) is 6.54 Å². The Bertz CT molecular complexity index is 480. The van der Waals surface area contributed by atoms with Gasteiger partial charge in [-0.1, -0.05) is 25.7 Å².